The largest absolute Gasteiger partial charge is 0.481 e. The summed E-state index contributed by atoms with van der Waals surface area (Å²) >= 11 is 0. The Morgan fingerprint density at radius 3 is 2.33 bits per heavy atom. The van der Waals surface area contributed by atoms with Gasteiger partial charge in [0.15, 0.2) is 0 Å². The van der Waals surface area contributed by atoms with Crippen LogP contribution >= 0.6 is 0 Å². The van der Waals surface area contributed by atoms with Gasteiger partial charge in [0.1, 0.15) is 0 Å². The van der Waals surface area contributed by atoms with Crippen molar-refractivity contribution in [2.75, 3.05) is 33.7 Å². The van der Waals surface area contributed by atoms with Crippen LogP contribution in [-0.2, 0) is 9.59 Å². The molecular weight excluding hydrogens is 236 g/mol. The molecule has 6 heteroatoms. The van der Waals surface area contributed by atoms with Crippen molar-refractivity contribution in [2.45, 2.75) is 25.3 Å². The summed E-state index contributed by atoms with van der Waals surface area (Å²) in [7, 11) is 3.95. The van der Waals surface area contributed by atoms with Crippen molar-refractivity contribution in [3.8, 4) is 0 Å². The monoisotopic (exact) mass is 258 g/mol. The number of hydrogen-bond acceptors (Lipinski definition) is 4. The Kier molecular flexibility index (Phi) is 5.55. The number of likely N-dealkylation sites (tertiary alicyclic amines) is 1. The number of piperidine rings is 1. The van der Waals surface area contributed by atoms with Gasteiger partial charge in [-0.05, 0) is 40.0 Å². The van der Waals surface area contributed by atoms with Crippen LogP contribution in [0.25, 0.3) is 0 Å². The van der Waals surface area contributed by atoms with Crippen molar-refractivity contribution >= 4 is 11.9 Å². The van der Waals surface area contributed by atoms with Gasteiger partial charge < -0.3 is 20.0 Å². The molecule has 0 spiro atoms. The molecule has 6 nitrogen and oxygen atoms in total. The summed E-state index contributed by atoms with van der Waals surface area (Å²) in [5.74, 6) is -2.91. The number of hydrogen-bond donors (Lipinski definition) is 2. The van der Waals surface area contributed by atoms with Crippen LogP contribution in [0.4, 0.5) is 0 Å². The van der Waals surface area contributed by atoms with E-state index < -0.39 is 17.9 Å². The summed E-state index contributed by atoms with van der Waals surface area (Å²) in [5.41, 5.74) is 0. The zero-order valence-corrected chi connectivity index (χ0v) is 11.0. The topological polar surface area (TPSA) is 81.1 Å². The fourth-order valence-corrected chi connectivity index (χ4v) is 2.37. The Labute approximate surface area is 107 Å². The third-order valence-corrected chi connectivity index (χ3v) is 3.59. The van der Waals surface area contributed by atoms with Gasteiger partial charge in [0, 0.05) is 12.6 Å². The molecule has 0 aromatic rings. The predicted octanol–water partition coefficient (Wildman–Crippen LogP) is 0.188. The molecule has 1 aliphatic heterocycles. The van der Waals surface area contributed by atoms with Crippen molar-refractivity contribution in [1.29, 1.82) is 0 Å². The third-order valence-electron chi connectivity index (χ3n) is 3.59. The van der Waals surface area contributed by atoms with Gasteiger partial charge in [-0.1, -0.05) is 0 Å². The number of carboxylic acids is 2. The van der Waals surface area contributed by atoms with Crippen LogP contribution in [-0.4, -0.2) is 71.7 Å². The number of aliphatic carboxylic acids is 2. The van der Waals surface area contributed by atoms with Crippen LogP contribution in [0.2, 0.25) is 0 Å². The van der Waals surface area contributed by atoms with Gasteiger partial charge in [-0.2, -0.15) is 0 Å². The van der Waals surface area contributed by atoms with Crippen molar-refractivity contribution in [2.24, 2.45) is 5.92 Å². The van der Waals surface area contributed by atoms with Crippen LogP contribution in [0, 0.1) is 5.92 Å². The standard InChI is InChI=1S/C12H22N2O4/c1-13-5-3-10(4-6-13)14(2)8-9(12(17)18)7-11(15)16/h9-10H,3-8H2,1-2H3,(H,15,16)(H,17,18). The van der Waals surface area contributed by atoms with Gasteiger partial charge >= 0.3 is 11.9 Å². The van der Waals surface area contributed by atoms with E-state index in [0.29, 0.717) is 12.6 Å². The summed E-state index contributed by atoms with van der Waals surface area (Å²) in [4.78, 5) is 25.9. The van der Waals surface area contributed by atoms with Crippen LogP contribution in [0.1, 0.15) is 19.3 Å². The van der Waals surface area contributed by atoms with Gasteiger partial charge in [-0.25, -0.2) is 0 Å². The minimum Gasteiger partial charge on any atom is -0.481 e. The van der Waals surface area contributed by atoms with Crippen molar-refractivity contribution in [3.63, 3.8) is 0 Å². The van der Waals surface area contributed by atoms with Crippen LogP contribution in [0.5, 0.6) is 0 Å². The van der Waals surface area contributed by atoms with E-state index in [-0.39, 0.29) is 6.42 Å². The number of carbonyl (C=O) groups is 2. The van der Waals surface area contributed by atoms with Crippen LogP contribution < -0.4 is 0 Å². The molecule has 0 amide bonds. The average Bonchev–Trinajstić information content (AvgIpc) is 2.28. The highest BCUT2D eigenvalue weighted by molar-refractivity contribution is 5.77. The maximum atomic E-state index is 11.0. The summed E-state index contributed by atoms with van der Waals surface area (Å²) in [6, 6.07) is 0.358. The molecule has 0 aromatic carbocycles. The highest BCUT2D eigenvalue weighted by Gasteiger charge is 2.27. The summed E-state index contributed by atoms with van der Waals surface area (Å²) in [5, 5.41) is 17.7. The molecule has 1 atom stereocenters. The lowest BCUT2D eigenvalue weighted by atomic mass is 10.0. The maximum Gasteiger partial charge on any atom is 0.308 e. The highest BCUT2D eigenvalue weighted by Crippen LogP contribution is 2.16. The SMILES string of the molecule is CN1CCC(N(C)CC(CC(=O)O)C(=O)O)CC1. The second-order valence-corrected chi connectivity index (χ2v) is 5.11. The molecule has 0 aromatic heterocycles. The number of carboxylic acid groups (broad SMARTS) is 2. The van der Waals surface area contributed by atoms with E-state index >= 15 is 0 Å². The van der Waals surface area contributed by atoms with Crippen molar-refractivity contribution in [1.82, 2.24) is 9.80 Å². The molecule has 1 saturated heterocycles. The first-order chi connectivity index (χ1) is 8.40. The summed E-state index contributed by atoms with van der Waals surface area (Å²) in [6.07, 6.45) is 1.70. The quantitative estimate of drug-likeness (QED) is 0.708. The lowest BCUT2D eigenvalue weighted by molar-refractivity contribution is -0.149. The fraction of sp³-hybridized carbons (Fsp3) is 0.833. The molecule has 0 aliphatic carbocycles. The Morgan fingerprint density at radius 2 is 1.89 bits per heavy atom. The van der Waals surface area contributed by atoms with E-state index in [1.165, 1.54) is 0 Å². The second kappa shape index (κ2) is 6.70. The Bertz CT molecular complexity index is 300. The maximum absolute atomic E-state index is 11.0. The predicted molar refractivity (Wildman–Crippen MR) is 66.5 cm³/mol. The fourth-order valence-electron chi connectivity index (χ4n) is 2.37. The molecule has 104 valence electrons. The molecule has 1 unspecified atom stereocenters. The second-order valence-electron chi connectivity index (χ2n) is 5.11. The van der Waals surface area contributed by atoms with E-state index in [4.69, 9.17) is 10.2 Å². The number of nitrogens with zero attached hydrogens (tertiary/aromatic N) is 2. The molecule has 1 aliphatic rings. The molecule has 2 N–H and O–H groups in total. The summed E-state index contributed by atoms with van der Waals surface area (Å²) < 4.78 is 0. The van der Waals surface area contributed by atoms with Gasteiger partial charge in [-0.15, -0.1) is 0 Å². The molecule has 0 radical (unpaired) electrons. The van der Waals surface area contributed by atoms with E-state index in [1.54, 1.807) is 0 Å². The van der Waals surface area contributed by atoms with E-state index in [2.05, 4.69) is 11.9 Å². The molecule has 1 heterocycles. The molecule has 0 saturated carbocycles. The molecule has 18 heavy (non-hydrogen) atoms. The molecular formula is C12H22N2O4. The number of rotatable bonds is 6. The Balaban J connectivity index is 2.47. The Hall–Kier alpha value is -1.14. The van der Waals surface area contributed by atoms with Crippen LogP contribution in [0.3, 0.4) is 0 Å². The van der Waals surface area contributed by atoms with Gasteiger partial charge in [0.25, 0.3) is 0 Å². The lowest BCUT2D eigenvalue weighted by Gasteiger charge is -2.36. The first kappa shape index (κ1) is 14.9. The minimum absolute atomic E-state index is 0.302. The minimum atomic E-state index is -1.06. The molecule has 1 fully saturated rings. The lowest BCUT2D eigenvalue weighted by Crippen LogP contribution is -2.44. The zero-order chi connectivity index (χ0) is 13.7. The average molecular weight is 258 g/mol. The van der Waals surface area contributed by atoms with Crippen molar-refractivity contribution < 1.29 is 19.8 Å². The zero-order valence-electron chi connectivity index (χ0n) is 11.0. The molecule has 1 rings (SSSR count). The first-order valence-corrected chi connectivity index (χ1v) is 6.23. The first-order valence-electron chi connectivity index (χ1n) is 6.23. The summed E-state index contributed by atoms with van der Waals surface area (Å²) in [6.45, 7) is 2.31. The Morgan fingerprint density at radius 1 is 1.33 bits per heavy atom. The van der Waals surface area contributed by atoms with Gasteiger partial charge in [-0.3, -0.25) is 9.59 Å². The highest BCUT2D eigenvalue weighted by atomic mass is 16.4. The molecule has 0 bridgehead atoms. The van der Waals surface area contributed by atoms with Gasteiger partial charge in [0.05, 0.1) is 12.3 Å². The normalized spacial score (nSPS) is 19.9. The van der Waals surface area contributed by atoms with E-state index in [1.807, 2.05) is 11.9 Å². The van der Waals surface area contributed by atoms with E-state index in [0.717, 1.165) is 25.9 Å². The van der Waals surface area contributed by atoms with Crippen molar-refractivity contribution in [3.05, 3.63) is 0 Å². The van der Waals surface area contributed by atoms with Gasteiger partial charge in [0.2, 0.25) is 0 Å². The smallest absolute Gasteiger partial charge is 0.308 e. The van der Waals surface area contributed by atoms with E-state index in [9.17, 15) is 9.59 Å². The third kappa shape index (κ3) is 4.62. The van der Waals surface area contributed by atoms with Crippen LogP contribution in [0.15, 0.2) is 0 Å².